The molecule has 2 unspecified atom stereocenters. The molecule has 0 aromatic heterocycles. The summed E-state index contributed by atoms with van der Waals surface area (Å²) in [6.45, 7) is 4.64. The van der Waals surface area contributed by atoms with Gasteiger partial charge in [-0.3, -0.25) is 4.90 Å². The Hall–Kier alpha value is -2.53. The highest BCUT2D eigenvalue weighted by Crippen LogP contribution is 2.53. The van der Waals surface area contributed by atoms with Gasteiger partial charge >= 0.3 is 5.97 Å². The lowest BCUT2D eigenvalue weighted by Crippen LogP contribution is -2.47. The number of anilines is 1. The molecular formula is C23H26N2O3. The van der Waals surface area contributed by atoms with Gasteiger partial charge in [-0.1, -0.05) is 19.1 Å². The second-order valence-electron chi connectivity index (χ2n) is 8.68. The van der Waals surface area contributed by atoms with Crippen molar-refractivity contribution in [2.45, 2.75) is 37.8 Å². The monoisotopic (exact) mass is 378 g/mol. The third-order valence-electron chi connectivity index (χ3n) is 6.69. The third kappa shape index (κ3) is 2.68. The van der Waals surface area contributed by atoms with Crippen molar-refractivity contribution < 1.29 is 14.6 Å². The maximum Gasteiger partial charge on any atom is 0.347 e. The summed E-state index contributed by atoms with van der Waals surface area (Å²) in [5.41, 5.74) is 2.69. The Morgan fingerprint density at radius 2 is 2.04 bits per heavy atom. The number of likely N-dealkylation sites (N-methyl/N-ethyl adjacent to an activating group) is 1. The summed E-state index contributed by atoms with van der Waals surface area (Å²) in [7, 11) is 2.17. The summed E-state index contributed by atoms with van der Waals surface area (Å²) < 4.78 is 5.61. The number of aromatic hydroxyl groups is 1. The lowest BCUT2D eigenvalue weighted by molar-refractivity contribution is 0.0731. The van der Waals surface area contributed by atoms with Crippen molar-refractivity contribution in [2.24, 2.45) is 5.92 Å². The summed E-state index contributed by atoms with van der Waals surface area (Å²) in [6, 6.07) is 12.4. The van der Waals surface area contributed by atoms with E-state index in [4.69, 9.17) is 4.74 Å². The number of phenolic OH excluding ortho intramolecular Hbond substituents is 1. The number of esters is 1. The van der Waals surface area contributed by atoms with E-state index in [1.165, 1.54) is 36.7 Å². The molecule has 28 heavy (non-hydrogen) atoms. The third-order valence-corrected chi connectivity index (χ3v) is 6.69. The molecule has 0 bridgehead atoms. The summed E-state index contributed by atoms with van der Waals surface area (Å²) in [5.74, 6) is 0.803. The van der Waals surface area contributed by atoms with Gasteiger partial charge in [-0.2, -0.15) is 0 Å². The number of hydrogen-bond donors (Lipinski definition) is 1. The minimum absolute atomic E-state index is 0.0380. The van der Waals surface area contributed by atoms with E-state index in [-0.39, 0.29) is 16.7 Å². The molecule has 0 spiro atoms. The van der Waals surface area contributed by atoms with Crippen LogP contribution < -0.4 is 9.64 Å². The van der Waals surface area contributed by atoms with E-state index in [0.717, 1.165) is 18.9 Å². The molecule has 1 saturated heterocycles. The number of fused-ring (bicyclic) bond motifs is 3. The number of carbonyl (C=O) groups excluding carboxylic acids is 1. The van der Waals surface area contributed by atoms with E-state index in [9.17, 15) is 9.90 Å². The molecule has 1 saturated carbocycles. The molecule has 2 aromatic carbocycles. The number of benzene rings is 2. The van der Waals surface area contributed by atoms with Gasteiger partial charge in [-0.05, 0) is 61.1 Å². The Labute approximate surface area is 165 Å². The molecule has 3 aliphatic rings. The summed E-state index contributed by atoms with van der Waals surface area (Å²) in [5, 5.41) is 9.91. The van der Waals surface area contributed by atoms with Crippen molar-refractivity contribution in [3.8, 4) is 11.5 Å². The fourth-order valence-corrected chi connectivity index (χ4v) is 5.08. The van der Waals surface area contributed by atoms with E-state index >= 15 is 0 Å². The van der Waals surface area contributed by atoms with Gasteiger partial charge in [-0.25, -0.2) is 4.79 Å². The molecule has 5 heteroatoms. The highest BCUT2D eigenvalue weighted by atomic mass is 16.5. The van der Waals surface area contributed by atoms with Crippen LogP contribution in [-0.2, 0) is 5.41 Å². The molecule has 1 aliphatic carbocycles. The first-order valence-electron chi connectivity index (χ1n) is 10.1. The molecular weight excluding hydrogens is 352 g/mol. The van der Waals surface area contributed by atoms with E-state index in [0.29, 0.717) is 11.9 Å². The Balaban J connectivity index is 1.42. The van der Waals surface area contributed by atoms with Gasteiger partial charge in [-0.15, -0.1) is 0 Å². The minimum Gasteiger partial charge on any atom is -0.507 e. The number of carbonyl (C=O) groups is 1. The molecule has 2 atom stereocenters. The number of rotatable bonds is 4. The van der Waals surface area contributed by atoms with Crippen LogP contribution in [0.4, 0.5) is 5.69 Å². The molecule has 2 fully saturated rings. The standard InChI is InChI=1S/C23H26N2O3/c1-23-11-12-25(14-15-7-8-15)22(23)24(2)19-10-9-16(13-18(19)23)28-21(27)17-5-3-4-6-20(17)26/h3-6,9-10,13,15,22,26H,7-8,11-12,14H2,1-2H3. The number of likely N-dealkylation sites (tertiary alicyclic amines) is 1. The second kappa shape index (κ2) is 6.24. The highest BCUT2D eigenvalue weighted by Gasteiger charge is 2.53. The first kappa shape index (κ1) is 17.6. The minimum atomic E-state index is -0.534. The molecule has 5 nitrogen and oxygen atoms in total. The molecule has 2 heterocycles. The zero-order valence-corrected chi connectivity index (χ0v) is 16.4. The fraction of sp³-hybridized carbons (Fsp3) is 0.435. The van der Waals surface area contributed by atoms with Gasteiger partial charge in [0, 0.05) is 31.2 Å². The van der Waals surface area contributed by atoms with Crippen LogP contribution in [0.15, 0.2) is 42.5 Å². The van der Waals surface area contributed by atoms with Crippen molar-refractivity contribution in [3.05, 3.63) is 53.6 Å². The Kier molecular flexibility index (Phi) is 3.91. The average Bonchev–Trinajstić information content (AvgIpc) is 3.39. The SMILES string of the molecule is CN1c2ccc(OC(=O)c3ccccc3O)cc2C2(C)CCN(CC3CC3)C12. The van der Waals surface area contributed by atoms with E-state index < -0.39 is 5.97 Å². The zero-order chi connectivity index (χ0) is 19.5. The zero-order valence-electron chi connectivity index (χ0n) is 16.4. The maximum absolute atomic E-state index is 12.5. The van der Waals surface area contributed by atoms with Crippen LogP contribution in [-0.4, -0.2) is 42.3 Å². The van der Waals surface area contributed by atoms with Gasteiger partial charge in [0.25, 0.3) is 0 Å². The van der Waals surface area contributed by atoms with E-state index in [1.807, 2.05) is 12.1 Å². The van der Waals surface area contributed by atoms with Crippen LogP contribution in [0.2, 0.25) is 0 Å². The summed E-state index contributed by atoms with van der Waals surface area (Å²) >= 11 is 0. The molecule has 0 amide bonds. The van der Waals surface area contributed by atoms with Crippen LogP contribution in [0.3, 0.4) is 0 Å². The lowest BCUT2D eigenvalue weighted by atomic mass is 9.81. The van der Waals surface area contributed by atoms with Crippen LogP contribution in [0.1, 0.15) is 42.1 Å². The second-order valence-corrected chi connectivity index (χ2v) is 8.68. The molecule has 146 valence electrons. The van der Waals surface area contributed by atoms with Crippen LogP contribution in [0.25, 0.3) is 0 Å². The number of para-hydroxylation sites is 1. The highest BCUT2D eigenvalue weighted by molar-refractivity contribution is 5.93. The molecule has 2 aromatic rings. The van der Waals surface area contributed by atoms with Crippen molar-refractivity contribution in [1.82, 2.24) is 4.90 Å². The summed E-state index contributed by atoms with van der Waals surface area (Å²) in [4.78, 5) is 17.5. The Morgan fingerprint density at radius 3 is 2.79 bits per heavy atom. The van der Waals surface area contributed by atoms with Crippen LogP contribution in [0, 0.1) is 5.92 Å². The van der Waals surface area contributed by atoms with Gasteiger partial charge in [0.05, 0.1) is 6.17 Å². The first-order chi connectivity index (χ1) is 13.5. The van der Waals surface area contributed by atoms with Crippen molar-refractivity contribution >= 4 is 11.7 Å². The Morgan fingerprint density at radius 1 is 1.25 bits per heavy atom. The molecule has 2 aliphatic heterocycles. The van der Waals surface area contributed by atoms with Gasteiger partial charge in [0.1, 0.15) is 17.1 Å². The molecule has 5 rings (SSSR count). The van der Waals surface area contributed by atoms with E-state index in [2.05, 4.69) is 29.8 Å². The topological polar surface area (TPSA) is 53.0 Å². The van der Waals surface area contributed by atoms with Crippen molar-refractivity contribution in [3.63, 3.8) is 0 Å². The van der Waals surface area contributed by atoms with Crippen molar-refractivity contribution in [1.29, 1.82) is 0 Å². The van der Waals surface area contributed by atoms with Crippen LogP contribution in [0.5, 0.6) is 11.5 Å². The number of phenols is 1. The quantitative estimate of drug-likeness (QED) is 0.648. The van der Waals surface area contributed by atoms with Crippen molar-refractivity contribution in [2.75, 3.05) is 25.0 Å². The first-order valence-corrected chi connectivity index (χ1v) is 10.1. The largest absolute Gasteiger partial charge is 0.507 e. The average molecular weight is 378 g/mol. The normalized spacial score (nSPS) is 26.2. The smallest absolute Gasteiger partial charge is 0.347 e. The Bertz CT molecular complexity index is 939. The van der Waals surface area contributed by atoms with E-state index in [1.54, 1.807) is 18.2 Å². The molecule has 1 N–H and O–H groups in total. The van der Waals surface area contributed by atoms with Gasteiger partial charge < -0.3 is 14.7 Å². The number of ether oxygens (including phenoxy) is 1. The maximum atomic E-state index is 12.5. The number of nitrogens with zero attached hydrogens (tertiary/aromatic N) is 2. The van der Waals surface area contributed by atoms with Gasteiger partial charge in [0.15, 0.2) is 0 Å². The fourth-order valence-electron chi connectivity index (χ4n) is 5.08. The number of hydrogen-bond acceptors (Lipinski definition) is 5. The summed E-state index contributed by atoms with van der Waals surface area (Å²) in [6.07, 6.45) is 4.21. The van der Waals surface area contributed by atoms with Gasteiger partial charge in [0.2, 0.25) is 0 Å². The van der Waals surface area contributed by atoms with Crippen LogP contribution >= 0.6 is 0 Å². The molecule has 0 radical (unpaired) electrons. The predicted octanol–water partition coefficient (Wildman–Crippen LogP) is 3.76. The lowest BCUT2D eigenvalue weighted by Gasteiger charge is -2.34. The predicted molar refractivity (Wildman–Crippen MR) is 108 cm³/mol.